The molecule has 1 saturated carbocycles. The first-order valence-corrected chi connectivity index (χ1v) is 6.84. The number of hydrogen-bond donors (Lipinski definition) is 0. The normalized spacial score (nSPS) is 30.5. The summed E-state index contributed by atoms with van der Waals surface area (Å²) in [6, 6.07) is 0. The van der Waals surface area contributed by atoms with Crippen LogP contribution in [0.25, 0.3) is 0 Å². The van der Waals surface area contributed by atoms with E-state index in [4.69, 9.17) is 4.74 Å². The predicted molar refractivity (Wildman–Crippen MR) is 64.3 cm³/mol. The average molecular weight is 224 g/mol. The summed E-state index contributed by atoms with van der Waals surface area (Å²) >= 11 is 0. The number of hydrogen-bond acceptors (Lipinski definition) is 2. The van der Waals surface area contributed by atoms with Gasteiger partial charge < -0.3 is 4.74 Å². The van der Waals surface area contributed by atoms with Crippen molar-refractivity contribution in [3.05, 3.63) is 0 Å². The standard InChI is InChI=1S/C14H24O2/c1-3-11(2)13(15)12-6-9-16-14(10-12)7-4-5-8-14/h11-12H,3-10H2,1-2H3. The Labute approximate surface area is 98.7 Å². The van der Waals surface area contributed by atoms with E-state index in [2.05, 4.69) is 13.8 Å². The lowest BCUT2D eigenvalue weighted by Crippen LogP contribution is -2.40. The van der Waals surface area contributed by atoms with Gasteiger partial charge in [-0.3, -0.25) is 4.79 Å². The van der Waals surface area contributed by atoms with Crippen LogP contribution in [0.1, 0.15) is 58.8 Å². The molecule has 0 bridgehead atoms. The first kappa shape index (κ1) is 12.1. The molecule has 1 aliphatic carbocycles. The Morgan fingerprint density at radius 1 is 1.44 bits per heavy atom. The lowest BCUT2D eigenvalue weighted by Gasteiger charge is -2.38. The number of carbonyl (C=O) groups is 1. The molecule has 1 aliphatic heterocycles. The topological polar surface area (TPSA) is 26.3 Å². The molecule has 2 nitrogen and oxygen atoms in total. The van der Waals surface area contributed by atoms with Crippen LogP contribution in [0.4, 0.5) is 0 Å². The molecular weight excluding hydrogens is 200 g/mol. The summed E-state index contributed by atoms with van der Waals surface area (Å²) in [7, 11) is 0. The van der Waals surface area contributed by atoms with Gasteiger partial charge in [0.25, 0.3) is 0 Å². The van der Waals surface area contributed by atoms with Gasteiger partial charge in [0, 0.05) is 18.4 Å². The zero-order valence-electron chi connectivity index (χ0n) is 10.6. The van der Waals surface area contributed by atoms with Crippen molar-refractivity contribution >= 4 is 5.78 Å². The third-order valence-corrected chi connectivity index (χ3v) is 4.51. The zero-order valence-corrected chi connectivity index (χ0v) is 10.6. The van der Waals surface area contributed by atoms with Crippen molar-refractivity contribution in [2.75, 3.05) is 6.61 Å². The van der Waals surface area contributed by atoms with Crippen LogP contribution in [0, 0.1) is 11.8 Å². The summed E-state index contributed by atoms with van der Waals surface area (Å²) in [5.74, 6) is 1.00. The van der Waals surface area contributed by atoms with Crippen LogP contribution >= 0.6 is 0 Å². The second-order valence-corrected chi connectivity index (χ2v) is 5.64. The summed E-state index contributed by atoms with van der Waals surface area (Å²) in [5.41, 5.74) is 0.0893. The van der Waals surface area contributed by atoms with E-state index in [-0.39, 0.29) is 17.4 Å². The van der Waals surface area contributed by atoms with Gasteiger partial charge >= 0.3 is 0 Å². The number of ketones is 1. The lowest BCUT2D eigenvalue weighted by molar-refractivity contribution is -0.139. The zero-order chi connectivity index (χ0) is 11.6. The van der Waals surface area contributed by atoms with E-state index in [9.17, 15) is 4.79 Å². The minimum Gasteiger partial charge on any atom is -0.375 e. The second-order valence-electron chi connectivity index (χ2n) is 5.64. The van der Waals surface area contributed by atoms with Gasteiger partial charge in [0.15, 0.2) is 0 Å². The van der Waals surface area contributed by atoms with Gasteiger partial charge in [-0.1, -0.05) is 26.7 Å². The van der Waals surface area contributed by atoms with Gasteiger partial charge in [0.2, 0.25) is 0 Å². The van der Waals surface area contributed by atoms with E-state index in [1.54, 1.807) is 0 Å². The molecule has 2 fully saturated rings. The third-order valence-electron chi connectivity index (χ3n) is 4.51. The van der Waals surface area contributed by atoms with Crippen molar-refractivity contribution < 1.29 is 9.53 Å². The van der Waals surface area contributed by atoms with Crippen molar-refractivity contribution in [3.8, 4) is 0 Å². The molecule has 2 aliphatic rings. The Bertz CT molecular complexity index is 253. The molecule has 2 atom stereocenters. The first-order chi connectivity index (χ1) is 7.67. The maximum absolute atomic E-state index is 12.2. The van der Waals surface area contributed by atoms with Gasteiger partial charge in [0.1, 0.15) is 5.78 Å². The molecule has 2 rings (SSSR count). The van der Waals surface area contributed by atoms with Gasteiger partial charge in [-0.25, -0.2) is 0 Å². The lowest BCUT2D eigenvalue weighted by atomic mass is 9.79. The highest BCUT2D eigenvalue weighted by Gasteiger charge is 2.42. The molecule has 2 heteroatoms. The summed E-state index contributed by atoms with van der Waals surface area (Å²) in [6.45, 7) is 4.97. The van der Waals surface area contributed by atoms with E-state index in [1.807, 2.05) is 0 Å². The van der Waals surface area contributed by atoms with E-state index < -0.39 is 0 Å². The van der Waals surface area contributed by atoms with Crippen LogP contribution in [0.5, 0.6) is 0 Å². The molecule has 0 amide bonds. The van der Waals surface area contributed by atoms with E-state index in [0.717, 1.165) is 25.9 Å². The van der Waals surface area contributed by atoms with Gasteiger partial charge in [-0.05, 0) is 32.1 Å². The summed E-state index contributed by atoms with van der Waals surface area (Å²) in [4.78, 5) is 12.2. The summed E-state index contributed by atoms with van der Waals surface area (Å²) in [6.07, 6.45) is 7.84. The van der Waals surface area contributed by atoms with Crippen molar-refractivity contribution in [2.24, 2.45) is 11.8 Å². The number of Topliss-reactive ketones (excluding diaryl/α,β-unsaturated/α-hetero) is 1. The fourth-order valence-corrected chi connectivity index (χ4v) is 3.24. The Hall–Kier alpha value is -0.370. The highest BCUT2D eigenvalue weighted by Crippen LogP contribution is 2.42. The number of carbonyl (C=O) groups excluding carboxylic acids is 1. The second kappa shape index (κ2) is 4.87. The summed E-state index contributed by atoms with van der Waals surface area (Å²) in [5, 5.41) is 0. The monoisotopic (exact) mass is 224 g/mol. The van der Waals surface area contributed by atoms with Crippen LogP contribution in [0.15, 0.2) is 0 Å². The molecule has 1 heterocycles. The molecular formula is C14H24O2. The molecule has 0 radical (unpaired) electrons. The van der Waals surface area contributed by atoms with Crippen LogP contribution in [-0.4, -0.2) is 18.0 Å². The Morgan fingerprint density at radius 3 is 2.75 bits per heavy atom. The van der Waals surface area contributed by atoms with Crippen molar-refractivity contribution in [1.29, 1.82) is 0 Å². The maximum atomic E-state index is 12.2. The quantitative estimate of drug-likeness (QED) is 0.735. The number of rotatable bonds is 3. The van der Waals surface area contributed by atoms with Crippen molar-refractivity contribution in [3.63, 3.8) is 0 Å². The van der Waals surface area contributed by atoms with Crippen LogP contribution in [0.2, 0.25) is 0 Å². The largest absolute Gasteiger partial charge is 0.375 e. The molecule has 0 aromatic heterocycles. The van der Waals surface area contributed by atoms with Gasteiger partial charge in [-0.2, -0.15) is 0 Å². The molecule has 16 heavy (non-hydrogen) atoms. The fraction of sp³-hybridized carbons (Fsp3) is 0.929. The van der Waals surface area contributed by atoms with E-state index in [0.29, 0.717) is 5.78 Å². The smallest absolute Gasteiger partial charge is 0.138 e. The van der Waals surface area contributed by atoms with Crippen molar-refractivity contribution in [1.82, 2.24) is 0 Å². The molecule has 1 saturated heterocycles. The third kappa shape index (κ3) is 2.32. The van der Waals surface area contributed by atoms with Gasteiger partial charge in [0.05, 0.1) is 5.60 Å². The first-order valence-electron chi connectivity index (χ1n) is 6.84. The Kier molecular flexibility index (Phi) is 3.68. The average Bonchev–Trinajstić information content (AvgIpc) is 2.75. The van der Waals surface area contributed by atoms with Crippen molar-refractivity contribution in [2.45, 2.75) is 64.4 Å². The Morgan fingerprint density at radius 2 is 2.12 bits per heavy atom. The molecule has 0 N–H and O–H groups in total. The highest BCUT2D eigenvalue weighted by atomic mass is 16.5. The predicted octanol–water partition coefficient (Wildman–Crippen LogP) is 3.34. The van der Waals surface area contributed by atoms with Crippen LogP contribution in [-0.2, 0) is 9.53 Å². The number of ether oxygens (including phenoxy) is 1. The molecule has 1 spiro atoms. The highest BCUT2D eigenvalue weighted by molar-refractivity contribution is 5.83. The summed E-state index contributed by atoms with van der Waals surface area (Å²) < 4.78 is 5.97. The van der Waals surface area contributed by atoms with Gasteiger partial charge in [-0.15, -0.1) is 0 Å². The fourth-order valence-electron chi connectivity index (χ4n) is 3.24. The minimum absolute atomic E-state index is 0.0893. The SMILES string of the molecule is CCC(C)C(=O)C1CCOC2(CCCC2)C1. The van der Waals surface area contributed by atoms with E-state index in [1.165, 1.54) is 25.7 Å². The molecule has 2 unspecified atom stereocenters. The molecule has 0 aromatic rings. The van der Waals surface area contributed by atoms with E-state index >= 15 is 0 Å². The van der Waals surface area contributed by atoms with Crippen LogP contribution < -0.4 is 0 Å². The molecule has 0 aromatic carbocycles. The minimum atomic E-state index is 0.0893. The molecule has 92 valence electrons. The maximum Gasteiger partial charge on any atom is 0.138 e. The van der Waals surface area contributed by atoms with Crippen LogP contribution in [0.3, 0.4) is 0 Å². The Balaban J connectivity index is 1.98.